The van der Waals surface area contributed by atoms with Gasteiger partial charge in [-0.3, -0.25) is 0 Å². The molecule has 0 atom stereocenters. The van der Waals surface area contributed by atoms with Gasteiger partial charge in [0.25, 0.3) is 0 Å². The van der Waals surface area contributed by atoms with Gasteiger partial charge in [-0.15, -0.1) is 0 Å². The minimum Gasteiger partial charge on any atom is -0.302 e. The van der Waals surface area contributed by atoms with Gasteiger partial charge >= 0.3 is 0 Å². The fraction of sp³-hybridized carbons (Fsp3) is 0.125. The van der Waals surface area contributed by atoms with Gasteiger partial charge in [0.1, 0.15) is 5.65 Å². The van der Waals surface area contributed by atoms with Crippen LogP contribution in [0.2, 0.25) is 0 Å². The standard InChI is InChI=1S/C16H13N3/c1-12-7-8-15-18-16(13-5-3-2-4-6-13)14(9-10-17)19(15)11-12/h2-8,11H,9H2,1H3. The SMILES string of the molecule is Cc1ccc2nc(-c3ccccc3)c(CC#N)n2c1. The van der Waals surface area contributed by atoms with E-state index in [0.29, 0.717) is 6.42 Å². The first-order chi connectivity index (χ1) is 9.29. The topological polar surface area (TPSA) is 41.1 Å². The lowest BCUT2D eigenvalue weighted by atomic mass is 10.1. The van der Waals surface area contributed by atoms with Gasteiger partial charge in [0.2, 0.25) is 0 Å². The van der Waals surface area contributed by atoms with E-state index >= 15 is 0 Å². The molecule has 0 saturated carbocycles. The maximum atomic E-state index is 9.05. The normalized spacial score (nSPS) is 10.5. The Balaban J connectivity index is 2.30. The Hall–Kier alpha value is -2.60. The summed E-state index contributed by atoms with van der Waals surface area (Å²) in [4.78, 5) is 4.65. The van der Waals surface area contributed by atoms with E-state index in [9.17, 15) is 0 Å². The summed E-state index contributed by atoms with van der Waals surface area (Å²) in [6.45, 7) is 2.04. The lowest BCUT2D eigenvalue weighted by Gasteiger charge is -2.01. The number of fused-ring (bicyclic) bond motifs is 1. The van der Waals surface area contributed by atoms with Crippen LogP contribution in [0.15, 0.2) is 48.7 Å². The van der Waals surface area contributed by atoms with Crippen molar-refractivity contribution in [1.82, 2.24) is 9.38 Å². The zero-order valence-electron chi connectivity index (χ0n) is 10.7. The number of aromatic nitrogens is 2. The minimum absolute atomic E-state index is 0.356. The zero-order valence-corrected chi connectivity index (χ0v) is 10.7. The molecule has 0 aliphatic carbocycles. The third-order valence-electron chi connectivity index (χ3n) is 3.16. The van der Waals surface area contributed by atoms with E-state index in [0.717, 1.165) is 28.2 Å². The highest BCUT2D eigenvalue weighted by Gasteiger charge is 2.13. The van der Waals surface area contributed by atoms with Crippen molar-refractivity contribution in [3.05, 3.63) is 59.9 Å². The van der Waals surface area contributed by atoms with Crippen LogP contribution in [0.1, 0.15) is 11.3 Å². The Morgan fingerprint density at radius 1 is 1.16 bits per heavy atom. The monoisotopic (exact) mass is 247 g/mol. The summed E-state index contributed by atoms with van der Waals surface area (Å²) < 4.78 is 2.01. The molecule has 0 fully saturated rings. The summed E-state index contributed by atoms with van der Waals surface area (Å²) in [6.07, 6.45) is 2.39. The van der Waals surface area contributed by atoms with Crippen LogP contribution >= 0.6 is 0 Å². The molecule has 19 heavy (non-hydrogen) atoms. The second-order valence-electron chi connectivity index (χ2n) is 4.54. The minimum atomic E-state index is 0.356. The van der Waals surface area contributed by atoms with Gasteiger partial charge in [0, 0.05) is 11.8 Å². The second kappa shape index (κ2) is 4.58. The smallest absolute Gasteiger partial charge is 0.137 e. The van der Waals surface area contributed by atoms with E-state index in [1.807, 2.05) is 60.0 Å². The van der Waals surface area contributed by atoms with E-state index < -0.39 is 0 Å². The van der Waals surface area contributed by atoms with Gasteiger partial charge in [-0.2, -0.15) is 5.26 Å². The molecular weight excluding hydrogens is 234 g/mol. The first kappa shape index (κ1) is 11.5. The summed E-state index contributed by atoms with van der Waals surface area (Å²) in [5.41, 5.74) is 4.94. The summed E-state index contributed by atoms with van der Waals surface area (Å²) in [5, 5.41) is 9.05. The molecule has 0 bridgehead atoms. The first-order valence-corrected chi connectivity index (χ1v) is 6.19. The lowest BCUT2D eigenvalue weighted by Crippen LogP contribution is -1.94. The Morgan fingerprint density at radius 2 is 1.95 bits per heavy atom. The van der Waals surface area contributed by atoms with Crippen molar-refractivity contribution in [2.75, 3.05) is 0 Å². The summed E-state index contributed by atoms with van der Waals surface area (Å²) in [6, 6.07) is 16.3. The molecule has 92 valence electrons. The fourth-order valence-electron chi connectivity index (χ4n) is 2.27. The van der Waals surface area contributed by atoms with Crippen LogP contribution in [0.4, 0.5) is 0 Å². The molecule has 1 aromatic carbocycles. The van der Waals surface area contributed by atoms with E-state index in [1.54, 1.807) is 0 Å². The van der Waals surface area contributed by atoms with Crippen LogP contribution < -0.4 is 0 Å². The van der Waals surface area contributed by atoms with Gasteiger partial charge in [-0.25, -0.2) is 4.98 Å². The van der Waals surface area contributed by atoms with Gasteiger partial charge in [0.15, 0.2) is 0 Å². The highest BCUT2D eigenvalue weighted by atomic mass is 15.0. The number of imidazole rings is 1. The molecule has 0 unspecified atom stereocenters. The molecule has 0 saturated heterocycles. The molecule has 0 radical (unpaired) electrons. The maximum Gasteiger partial charge on any atom is 0.137 e. The Bertz CT molecular complexity index is 764. The predicted octanol–water partition coefficient (Wildman–Crippen LogP) is 3.38. The number of rotatable bonds is 2. The van der Waals surface area contributed by atoms with Crippen LogP contribution in [0.5, 0.6) is 0 Å². The molecule has 3 rings (SSSR count). The molecule has 3 heteroatoms. The number of benzene rings is 1. The average molecular weight is 247 g/mol. The van der Waals surface area contributed by atoms with E-state index in [4.69, 9.17) is 5.26 Å². The molecule has 3 aromatic rings. The molecule has 0 spiro atoms. The maximum absolute atomic E-state index is 9.05. The van der Waals surface area contributed by atoms with Gasteiger partial charge in [-0.05, 0) is 18.6 Å². The Kier molecular flexibility index (Phi) is 2.77. The average Bonchev–Trinajstić information content (AvgIpc) is 2.79. The molecule has 0 amide bonds. The summed E-state index contributed by atoms with van der Waals surface area (Å²) >= 11 is 0. The molecule has 0 aliphatic rings. The number of aryl methyl sites for hydroxylation is 1. The van der Waals surface area contributed by atoms with E-state index in [1.165, 1.54) is 0 Å². The molecule has 2 aromatic heterocycles. The van der Waals surface area contributed by atoms with Crippen LogP contribution in [-0.2, 0) is 6.42 Å². The molecule has 0 N–H and O–H groups in total. The lowest BCUT2D eigenvalue weighted by molar-refractivity contribution is 1.04. The first-order valence-electron chi connectivity index (χ1n) is 6.19. The van der Waals surface area contributed by atoms with E-state index in [2.05, 4.69) is 11.1 Å². The zero-order chi connectivity index (χ0) is 13.2. The molecular formula is C16H13N3. The highest BCUT2D eigenvalue weighted by molar-refractivity contribution is 5.67. The van der Waals surface area contributed by atoms with Gasteiger partial charge < -0.3 is 4.40 Å². The van der Waals surface area contributed by atoms with Crippen molar-refractivity contribution in [2.24, 2.45) is 0 Å². The quantitative estimate of drug-likeness (QED) is 0.696. The largest absolute Gasteiger partial charge is 0.302 e. The van der Waals surface area contributed by atoms with Crippen molar-refractivity contribution in [1.29, 1.82) is 5.26 Å². The van der Waals surface area contributed by atoms with Crippen LogP contribution in [0.3, 0.4) is 0 Å². The Morgan fingerprint density at radius 3 is 2.68 bits per heavy atom. The number of nitriles is 1. The fourth-order valence-corrected chi connectivity index (χ4v) is 2.27. The van der Waals surface area contributed by atoms with Gasteiger partial charge in [0.05, 0.1) is 23.9 Å². The highest BCUT2D eigenvalue weighted by Crippen LogP contribution is 2.24. The summed E-state index contributed by atoms with van der Waals surface area (Å²) in [5.74, 6) is 0. The van der Waals surface area contributed by atoms with Gasteiger partial charge in [-0.1, -0.05) is 36.4 Å². The van der Waals surface area contributed by atoms with Crippen molar-refractivity contribution in [2.45, 2.75) is 13.3 Å². The number of nitrogens with zero attached hydrogens (tertiary/aromatic N) is 3. The number of hydrogen-bond acceptors (Lipinski definition) is 2. The van der Waals surface area contributed by atoms with Crippen molar-refractivity contribution in [3.8, 4) is 17.3 Å². The van der Waals surface area contributed by atoms with Crippen LogP contribution in [0, 0.1) is 18.3 Å². The van der Waals surface area contributed by atoms with Crippen LogP contribution in [-0.4, -0.2) is 9.38 Å². The molecule has 0 aliphatic heterocycles. The Labute approximate surface area is 111 Å². The van der Waals surface area contributed by atoms with E-state index in [-0.39, 0.29) is 0 Å². The third kappa shape index (κ3) is 1.98. The van der Waals surface area contributed by atoms with Crippen LogP contribution in [0.25, 0.3) is 16.9 Å². The summed E-state index contributed by atoms with van der Waals surface area (Å²) in [7, 11) is 0. The van der Waals surface area contributed by atoms with Crippen molar-refractivity contribution < 1.29 is 0 Å². The predicted molar refractivity (Wildman–Crippen MR) is 74.7 cm³/mol. The third-order valence-corrected chi connectivity index (χ3v) is 3.16. The van der Waals surface area contributed by atoms with Crippen molar-refractivity contribution >= 4 is 5.65 Å². The molecule has 2 heterocycles. The second-order valence-corrected chi connectivity index (χ2v) is 4.54. The van der Waals surface area contributed by atoms with Crippen molar-refractivity contribution in [3.63, 3.8) is 0 Å². The number of hydrogen-bond donors (Lipinski definition) is 0. The molecule has 3 nitrogen and oxygen atoms in total. The number of pyridine rings is 1.